The standard InChI is InChI=1S/C2H8N2.ClH.H4N2/c1-3-4-2;;1-2/h3-4H,1-2H3;1H;1-2H2. The van der Waals surface area contributed by atoms with E-state index in [0.29, 0.717) is 0 Å². The molecule has 0 aliphatic rings. The summed E-state index contributed by atoms with van der Waals surface area (Å²) >= 11 is 0. The third-order valence-electron chi connectivity index (χ3n) is 0.250. The maximum atomic E-state index is 4.00. The zero-order valence-electron chi connectivity index (χ0n) is 4.56. The van der Waals surface area contributed by atoms with Gasteiger partial charge in [0.25, 0.3) is 0 Å². The maximum Gasteiger partial charge on any atom is -0.00150 e. The molecule has 0 unspecified atom stereocenters. The zero-order chi connectivity index (χ0) is 5.41. The normalized spacial score (nSPS) is 5.14. The van der Waals surface area contributed by atoms with Crippen LogP contribution in [0.15, 0.2) is 0 Å². The Morgan fingerprint density at radius 3 is 1.14 bits per heavy atom. The zero-order valence-corrected chi connectivity index (χ0v) is 5.38. The van der Waals surface area contributed by atoms with Gasteiger partial charge in [0.05, 0.1) is 0 Å². The molecule has 4 nitrogen and oxygen atoms in total. The molecular weight excluding hydrogens is 116 g/mol. The number of halogens is 1. The fraction of sp³-hybridized carbons (Fsp3) is 1.00. The second kappa shape index (κ2) is 35.6. The molecule has 7 heavy (non-hydrogen) atoms. The Kier molecular flexibility index (Phi) is 79.8. The molecule has 0 aliphatic carbocycles. The highest BCUT2D eigenvalue weighted by Crippen LogP contribution is 1.07. The summed E-state index contributed by atoms with van der Waals surface area (Å²) in [5.74, 6) is 8.00. The lowest BCUT2D eigenvalue weighted by Gasteiger charge is -1.81. The Labute approximate surface area is 50.0 Å². The van der Waals surface area contributed by atoms with E-state index in [0.717, 1.165) is 0 Å². The first kappa shape index (κ1) is 15.7. The van der Waals surface area contributed by atoms with Crippen molar-refractivity contribution in [3.05, 3.63) is 0 Å². The molecule has 5 heteroatoms. The topological polar surface area (TPSA) is 76.1 Å². The number of nitrogens with two attached hydrogens (primary N) is 2. The lowest BCUT2D eigenvalue weighted by Crippen LogP contribution is -2.21. The largest absolute Gasteiger partial charge is 0.274 e. The highest BCUT2D eigenvalue weighted by Gasteiger charge is 1.44. The molecule has 0 amide bonds. The van der Waals surface area contributed by atoms with E-state index < -0.39 is 0 Å². The molecule has 0 rings (SSSR count). The van der Waals surface area contributed by atoms with Gasteiger partial charge in [-0.25, -0.2) is 0 Å². The van der Waals surface area contributed by atoms with Gasteiger partial charge in [-0.2, -0.15) is 0 Å². The fourth-order valence-corrected chi connectivity index (χ4v) is 0. The summed E-state index contributed by atoms with van der Waals surface area (Å²) in [6.07, 6.45) is 0. The molecule has 0 spiro atoms. The Balaban J connectivity index is -0.0000000480. The molecule has 0 fully saturated rings. The molecule has 0 aromatic carbocycles. The van der Waals surface area contributed by atoms with Crippen LogP contribution < -0.4 is 22.5 Å². The highest BCUT2D eigenvalue weighted by molar-refractivity contribution is 5.85. The van der Waals surface area contributed by atoms with Gasteiger partial charge in [0.2, 0.25) is 0 Å². The molecule has 48 valence electrons. The first-order valence-corrected chi connectivity index (χ1v) is 1.58. The Morgan fingerprint density at radius 2 is 1.14 bits per heavy atom. The molecule has 0 bridgehead atoms. The number of nitrogens with one attached hydrogen (secondary N) is 2. The molecule has 6 N–H and O–H groups in total. The second-order valence-corrected chi connectivity index (χ2v) is 0.500. The average molecular weight is 129 g/mol. The van der Waals surface area contributed by atoms with Crippen molar-refractivity contribution in [2.75, 3.05) is 14.1 Å². The van der Waals surface area contributed by atoms with Gasteiger partial charge < -0.3 is 0 Å². The third kappa shape index (κ3) is 81.9. The first-order valence-electron chi connectivity index (χ1n) is 1.58. The van der Waals surface area contributed by atoms with Crippen LogP contribution in [0.5, 0.6) is 0 Å². The highest BCUT2D eigenvalue weighted by atomic mass is 35.5. The smallest absolute Gasteiger partial charge is 0.00150 e. The van der Waals surface area contributed by atoms with Crippen molar-refractivity contribution in [3.63, 3.8) is 0 Å². The van der Waals surface area contributed by atoms with E-state index >= 15 is 0 Å². The SMILES string of the molecule is CNNC.Cl.NN. The van der Waals surface area contributed by atoms with Crippen LogP contribution >= 0.6 is 12.4 Å². The van der Waals surface area contributed by atoms with Crippen molar-refractivity contribution in [1.82, 2.24) is 10.9 Å². The summed E-state index contributed by atoms with van der Waals surface area (Å²) in [6.45, 7) is 0. The predicted octanol–water partition coefficient (Wildman–Crippen LogP) is -1.42. The maximum absolute atomic E-state index is 4.00. The van der Waals surface area contributed by atoms with Crippen LogP contribution in [-0.4, -0.2) is 14.1 Å². The van der Waals surface area contributed by atoms with Crippen LogP contribution in [0.1, 0.15) is 0 Å². The molecular formula is C2H13ClN4. The van der Waals surface area contributed by atoms with Gasteiger partial charge in [-0.15, -0.1) is 12.4 Å². The molecule has 0 aliphatic heterocycles. The first-order chi connectivity index (χ1) is 2.91. The van der Waals surface area contributed by atoms with Crippen LogP contribution in [0, 0.1) is 0 Å². The molecule has 0 aromatic rings. The van der Waals surface area contributed by atoms with Crippen molar-refractivity contribution < 1.29 is 0 Å². The van der Waals surface area contributed by atoms with Gasteiger partial charge in [0.1, 0.15) is 0 Å². The van der Waals surface area contributed by atoms with Crippen LogP contribution in [0.25, 0.3) is 0 Å². The van der Waals surface area contributed by atoms with Gasteiger partial charge in [-0.1, -0.05) is 0 Å². The van der Waals surface area contributed by atoms with Gasteiger partial charge >= 0.3 is 0 Å². The molecule has 0 saturated carbocycles. The Hall–Kier alpha value is 0.130. The molecule has 0 heterocycles. The third-order valence-corrected chi connectivity index (χ3v) is 0.250. The minimum atomic E-state index is 0. The quantitative estimate of drug-likeness (QED) is 0.258. The van der Waals surface area contributed by atoms with E-state index in [-0.39, 0.29) is 12.4 Å². The van der Waals surface area contributed by atoms with E-state index in [4.69, 9.17) is 0 Å². The van der Waals surface area contributed by atoms with Crippen LogP contribution in [0.2, 0.25) is 0 Å². The van der Waals surface area contributed by atoms with Crippen LogP contribution in [-0.2, 0) is 0 Å². The lowest BCUT2D eigenvalue weighted by molar-refractivity contribution is 0.689. The summed E-state index contributed by atoms with van der Waals surface area (Å²) in [6, 6.07) is 0. The van der Waals surface area contributed by atoms with Crippen molar-refractivity contribution in [1.29, 1.82) is 0 Å². The number of hydrogen-bond donors (Lipinski definition) is 4. The number of rotatable bonds is 1. The number of hydrazine groups is 2. The van der Waals surface area contributed by atoms with Crippen LogP contribution in [0.4, 0.5) is 0 Å². The van der Waals surface area contributed by atoms with Gasteiger partial charge in [0, 0.05) is 0 Å². The van der Waals surface area contributed by atoms with Gasteiger partial charge in [0.15, 0.2) is 0 Å². The Morgan fingerprint density at radius 1 is 1.00 bits per heavy atom. The molecule has 0 radical (unpaired) electrons. The van der Waals surface area contributed by atoms with Crippen molar-refractivity contribution in [2.24, 2.45) is 11.7 Å². The molecule has 0 aromatic heterocycles. The average Bonchev–Trinajstić information content (AvgIpc) is 1.72. The summed E-state index contributed by atoms with van der Waals surface area (Å²) in [5.41, 5.74) is 5.36. The monoisotopic (exact) mass is 128 g/mol. The summed E-state index contributed by atoms with van der Waals surface area (Å²) < 4.78 is 0. The molecule has 0 saturated heterocycles. The van der Waals surface area contributed by atoms with Gasteiger partial charge in [-0.3, -0.25) is 22.5 Å². The fourth-order valence-electron chi connectivity index (χ4n) is 0. The molecule has 0 atom stereocenters. The van der Waals surface area contributed by atoms with Crippen molar-refractivity contribution in [3.8, 4) is 0 Å². The van der Waals surface area contributed by atoms with E-state index in [1.807, 2.05) is 14.1 Å². The van der Waals surface area contributed by atoms with Gasteiger partial charge in [-0.05, 0) is 14.1 Å². The van der Waals surface area contributed by atoms with E-state index in [1.54, 1.807) is 0 Å². The summed E-state index contributed by atoms with van der Waals surface area (Å²) in [4.78, 5) is 0. The van der Waals surface area contributed by atoms with E-state index in [2.05, 4.69) is 22.5 Å². The Bertz CT molecular complexity index is 11.7. The summed E-state index contributed by atoms with van der Waals surface area (Å²) in [5, 5.41) is 0. The minimum absolute atomic E-state index is 0. The summed E-state index contributed by atoms with van der Waals surface area (Å²) in [7, 11) is 3.64. The lowest BCUT2D eigenvalue weighted by atomic mass is 11.4. The minimum Gasteiger partial charge on any atom is -0.274 e. The van der Waals surface area contributed by atoms with E-state index in [1.165, 1.54) is 0 Å². The van der Waals surface area contributed by atoms with Crippen molar-refractivity contribution >= 4 is 12.4 Å². The second-order valence-electron chi connectivity index (χ2n) is 0.500. The van der Waals surface area contributed by atoms with Crippen molar-refractivity contribution in [2.45, 2.75) is 0 Å². The predicted molar refractivity (Wildman–Crippen MR) is 33.7 cm³/mol. The number of hydrogen-bond acceptors (Lipinski definition) is 4. The van der Waals surface area contributed by atoms with E-state index in [9.17, 15) is 0 Å². The van der Waals surface area contributed by atoms with Crippen LogP contribution in [0.3, 0.4) is 0 Å².